The first-order valence-electron chi connectivity index (χ1n) is 7.84. The molecule has 0 atom stereocenters. The summed E-state index contributed by atoms with van der Waals surface area (Å²) in [4.78, 5) is 9.89. The summed E-state index contributed by atoms with van der Waals surface area (Å²) in [7, 11) is -3.68. The fourth-order valence-corrected chi connectivity index (χ4v) is 1.77. The van der Waals surface area contributed by atoms with Crippen LogP contribution in [0.5, 0.6) is 0 Å². The van der Waals surface area contributed by atoms with Gasteiger partial charge in [0.1, 0.15) is 0 Å². The molecular weight excluding hydrogens is 315 g/mol. The normalized spacial score (nSPS) is 10.6. The molecule has 0 heterocycles. The van der Waals surface area contributed by atoms with Crippen LogP contribution >= 0.6 is 0 Å². The second-order valence-corrected chi connectivity index (χ2v) is 7.42. The summed E-state index contributed by atoms with van der Waals surface area (Å²) in [6, 6.07) is 0. The van der Waals surface area contributed by atoms with Crippen LogP contribution in [0.4, 0.5) is 0 Å². The molecule has 0 saturated carbocycles. The Kier molecular flexibility index (Phi) is 24.4. The quantitative estimate of drug-likeness (QED) is 0.189. The van der Waals surface area contributed by atoms with E-state index in [1.165, 1.54) is 65.2 Å². The van der Waals surface area contributed by atoms with Gasteiger partial charge >= 0.3 is 29.6 Å². The third kappa shape index (κ3) is 20.5. The van der Waals surface area contributed by atoms with Crippen LogP contribution in [-0.2, 0) is 19.2 Å². The van der Waals surface area contributed by atoms with E-state index in [-0.39, 0.29) is 29.6 Å². The van der Waals surface area contributed by atoms with Crippen molar-refractivity contribution >= 4 is 16.4 Å². The third-order valence-electron chi connectivity index (χ3n) is 3.06. The third-order valence-corrected chi connectivity index (χ3v) is 4.43. The van der Waals surface area contributed by atoms with Crippen LogP contribution in [0.2, 0.25) is 0 Å². The molecule has 0 aliphatic carbocycles. The first-order valence-corrected chi connectivity index (χ1v) is 9.31. The Morgan fingerprint density at radius 3 is 1.64 bits per heavy atom. The number of hydrogen-bond donors (Lipinski definition) is 1. The minimum Gasteiger partial charge on any atom is -0.542 e. The average molecular weight is 346 g/mol. The zero-order chi connectivity index (χ0) is 16.6. The maximum atomic E-state index is 10.2. The molecule has 0 rings (SSSR count). The average Bonchev–Trinajstić information content (AvgIpc) is 2.46. The fraction of sp³-hybridized carbons (Fsp3) is 0.933. The van der Waals surface area contributed by atoms with Crippen LogP contribution in [0.3, 0.4) is 0 Å². The molecule has 0 aromatic carbocycles. The van der Waals surface area contributed by atoms with Crippen molar-refractivity contribution in [1.29, 1.82) is 0 Å². The van der Waals surface area contributed by atoms with E-state index < -0.39 is 15.4 Å². The summed E-state index contributed by atoms with van der Waals surface area (Å²) in [5.74, 6) is 0. The second-order valence-electron chi connectivity index (χ2n) is 5.34. The Hall–Kier alpha value is 0.540. The minimum absolute atomic E-state index is 0. The van der Waals surface area contributed by atoms with Crippen molar-refractivity contribution in [3.8, 4) is 0 Å². The molecule has 0 aliphatic rings. The number of carbonyl (C=O) groups excluding carboxylic acids is 1. The van der Waals surface area contributed by atoms with E-state index in [1.54, 1.807) is 0 Å². The standard InChI is InChI=1S/C12H23O.C3H8O4S.Na/c1-2-3-4-5-6-7-8-9-10-11-12-13;1-3(2)8(5,6)7-4;/h2-11H2,1H3;3-4H,1-2H3;/q-1;;+1. The fourth-order valence-electron chi connectivity index (χ4n) is 1.59. The molecule has 0 spiro atoms. The number of hydrogen-bond acceptors (Lipinski definition) is 5. The molecule has 0 aromatic heterocycles. The van der Waals surface area contributed by atoms with Crippen LogP contribution in [0.15, 0.2) is 0 Å². The smallest absolute Gasteiger partial charge is 0.542 e. The Morgan fingerprint density at radius 2 is 1.36 bits per heavy atom. The predicted molar refractivity (Wildman–Crippen MR) is 85.3 cm³/mol. The molecule has 0 radical (unpaired) electrons. The van der Waals surface area contributed by atoms with E-state index in [0.29, 0.717) is 6.42 Å². The van der Waals surface area contributed by atoms with Crippen molar-refractivity contribution < 1.29 is 52.4 Å². The first kappa shape index (κ1) is 27.4. The maximum absolute atomic E-state index is 10.2. The zero-order valence-electron chi connectivity index (χ0n) is 14.6. The number of unbranched alkanes of at least 4 members (excludes halogenated alkanes) is 9. The van der Waals surface area contributed by atoms with Crippen molar-refractivity contribution in [3.63, 3.8) is 0 Å². The second kappa shape index (κ2) is 19.6. The molecule has 5 nitrogen and oxygen atoms in total. The molecule has 0 aromatic rings. The van der Waals surface area contributed by atoms with E-state index in [9.17, 15) is 13.2 Å². The Bertz CT molecular complexity index is 318. The van der Waals surface area contributed by atoms with Crippen molar-refractivity contribution in [2.24, 2.45) is 0 Å². The zero-order valence-corrected chi connectivity index (χ0v) is 17.5. The molecule has 0 fully saturated rings. The van der Waals surface area contributed by atoms with E-state index in [1.807, 2.05) is 6.29 Å². The summed E-state index contributed by atoms with van der Waals surface area (Å²) >= 11 is 0. The van der Waals surface area contributed by atoms with Crippen molar-refractivity contribution in [2.75, 3.05) is 0 Å². The summed E-state index contributed by atoms with van der Waals surface area (Å²) in [5.41, 5.74) is 0. The first-order chi connectivity index (χ1) is 9.92. The van der Waals surface area contributed by atoms with Crippen molar-refractivity contribution in [2.45, 2.75) is 90.2 Å². The Balaban J connectivity index is -0.000000348. The predicted octanol–water partition coefficient (Wildman–Crippen LogP) is 1.24. The van der Waals surface area contributed by atoms with Gasteiger partial charge in [0, 0.05) is 0 Å². The van der Waals surface area contributed by atoms with Crippen LogP contribution in [0, 0.1) is 0 Å². The molecule has 0 unspecified atom stereocenters. The van der Waals surface area contributed by atoms with E-state index in [4.69, 9.17) is 5.26 Å². The van der Waals surface area contributed by atoms with E-state index in [2.05, 4.69) is 11.3 Å². The van der Waals surface area contributed by atoms with Gasteiger partial charge in [-0.3, -0.25) is 6.29 Å². The molecule has 0 bridgehead atoms. The summed E-state index contributed by atoms with van der Waals surface area (Å²) in [6.45, 7) is 5.06. The molecule has 128 valence electrons. The van der Waals surface area contributed by atoms with Gasteiger partial charge in [0.15, 0.2) is 0 Å². The van der Waals surface area contributed by atoms with Gasteiger partial charge in [0.2, 0.25) is 0 Å². The van der Waals surface area contributed by atoms with Gasteiger partial charge in [-0.25, -0.2) is 5.26 Å². The van der Waals surface area contributed by atoms with Gasteiger partial charge in [-0.15, -0.1) is 4.33 Å². The molecule has 0 amide bonds. The number of rotatable bonds is 12. The SMILES string of the molecule is CC(C)S(=O)(=O)OO.CCCCCCCCCCC[C-]=O.[Na+]. The van der Waals surface area contributed by atoms with Crippen molar-refractivity contribution in [3.05, 3.63) is 0 Å². The van der Waals surface area contributed by atoms with Gasteiger partial charge in [-0.1, -0.05) is 64.7 Å². The molecular formula is C15H31NaO5S. The molecule has 0 saturated heterocycles. The summed E-state index contributed by atoms with van der Waals surface area (Å²) < 4.78 is 23.6. The largest absolute Gasteiger partial charge is 1.00 e. The van der Waals surface area contributed by atoms with Crippen LogP contribution in [-0.4, -0.2) is 25.2 Å². The maximum Gasteiger partial charge on any atom is 1.00 e. The van der Waals surface area contributed by atoms with Crippen molar-refractivity contribution in [1.82, 2.24) is 0 Å². The Morgan fingerprint density at radius 1 is 0.955 bits per heavy atom. The van der Waals surface area contributed by atoms with Crippen LogP contribution in [0.25, 0.3) is 0 Å². The minimum atomic E-state index is -3.68. The molecule has 1 N–H and O–H groups in total. The monoisotopic (exact) mass is 346 g/mol. The Labute approximate surface area is 158 Å². The topological polar surface area (TPSA) is 80.7 Å². The van der Waals surface area contributed by atoms with Gasteiger partial charge < -0.3 is 4.79 Å². The molecule has 0 aliphatic heterocycles. The molecule has 22 heavy (non-hydrogen) atoms. The van der Waals surface area contributed by atoms with Gasteiger partial charge in [-0.05, 0) is 13.8 Å². The summed E-state index contributed by atoms with van der Waals surface area (Å²) in [6.07, 6.45) is 14.4. The van der Waals surface area contributed by atoms with E-state index in [0.717, 1.165) is 6.42 Å². The summed E-state index contributed by atoms with van der Waals surface area (Å²) in [5, 5.41) is 6.99. The van der Waals surface area contributed by atoms with Gasteiger partial charge in [0.05, 0.1) is 5.25 Å². The van der Waals surface area contributed by atoms with Crippen LogP contribution in [0.1, 0.15) is 85.0 Å². The van der Waals surface area contributed by atoms with E-state index >= 15 is 0 Å². The van der Waals surface area contributed by atoms with Gasteiger partial charge in [0.25, 0.3) is 10.1 Å². The van der Waals surface area contributed by atoms with Crippen LogP contribution < -0.4 is 29.6 Å². The van der Waals surface area contributed by atoms with Gasteiger partial charge in [-0.2, -0.15) is 14.8 Å². The molecule has 7 heteroatoms.